The highest BCUT2D eigenvalue weighted by Gasteiger charge is 2.23. The lowest BCUT2D eigenvalue weighted by Gasteiger charge is -2.23. The normalized spacial score (nSPS) is 12.0. The second kappa shape index (κ2) is 8.14. The Morgan fingerprint density at radius 3 is 2.73 bits per heavy atom. The first-order valence-electron chi connectivity index (χ1n) is 8.45. The number of likely N-dealkylation sites (N-methyl/N-ethyl adjacent to an activating group) is 1. The summed E-state index contributed by atoms with van der Waals surface area (Å²) in [5, 5.41) is 5.94. The van der Waals surface area contributed by atoms with Crippen molar-refractivity contribution < 1.29 is 14.1 Å². The van der Waals surface area contributed by atoms with Gasteiger partial charge >= 0.3 is 0 Å². The second-order valence-electron chi connectivity index (χ2n) is 5.91. The van der Waals surface area contributed by atoms with Gasteiger partial charge in [0, 0.05) is 6.54 Å². The maximum Gasteiger partial charge on any atom is 0.263 e. The van der Waals surface area contributed by atoms with Crippen LogP contribution in [0.25, 0.3) is 10.7 Å². The largest absolute Gasteiger partial charge is 0.481 e. The minimum Gasteiger partial charge on any atom is -0.481 e. The van der Waals surface area contributed by atoms with Crippen molar-refractivity contribution in [2.45, 2.75) is 33.4 Å². The summed E-state index contributed by atoms with van der Waals surface area (Å²) in [6.45, 7) is 6.45. The molecule has 0 aliphatic heterocycles. The summed E-state index contributed by atoms with van der Waals surface area (Å²) in [6, 6.07) is 11.5. The van der Waals surface area contributed by atoms with Crippen LogP contribution < -0.4 is 4.74 Å². The first-order valence-corrected chi connectivity index (χ1v) is 9.33. The van der Waals surface area contributed by atoms with Crippen LogP contribution in [0.2, 0.25) is 0 Å². The first kappa shape index (κ1) is 18.1. The van der Waals surface area contributed by atoms with Crippen LogP contribution in [0.15, 0.2) is 46.3 Å². The van der Waals surface area contributed by atoms with Gasteiger partial charge in [-0.05, 0) is 44.4 Å². The van der Waals surface area contributed by atoms with Crippen molar-refractivity contribution in [1.82, 2.24) is 15.0 Å². The summed E-state index contributed by atoms with van der Waals surface area (Å²) in [5.41, 5.74) is 1.14. The molecule has 26 heavy (non-hydrogen) atoms. The number of rotatable bonds is 7. The lowest BCUT2D eigenvalue weighted by Crippen LogP contribution is -2.40. The fourth-order valence-corrected chi connectivity index (χ4v) is 3.11. The van der Waals surface area contributed by atoms with Crippen LogP contribution in [-0.2, 0) is 11.3 Å². The maximum atomic E-state index is 12.7. The Bertz CT molecular complexity index is 843. The number of benzene rings is 1. The van der Waals surface area contributed by atoms with Gasteiger partial charge in [-0.1, -0.05) is 28.9 Å². The SMILES string of the molecule is CCN(Cc1nc(-c2cccs2)no1)C(=O)[C@@H](C)Oc1ccc(C)cc1. The van der Waals surface area contributed by atoms with Crippen LogP contribution in [0.5, 0.6) is 5.75 Å². The molecule has 0 aliphatic rings. The van der Waals surface area contributed by atoms with Gasteiger partial charge in [-0.3, -0.25) is 4.79 Å². The van der Waals surface area contributed by atoms with E-state index in [0.717, 1.165) is 10.4 Å². The molecule has 0 fully saturated rings. The molecular formula is C19H21N3O3S. The van der Waals surface area contributed by atoms with Crippen molar-refractivity contribution >= 4 is 17.2 Å². The van der Waals surface area contributed by atoms with E-state index in [1.54, 1.807) is 23.2 Å². The zero-order chi connectivity index (χ0) is 18.5. The maximum absolute atomic E-state index is 12.7. The standard InChI is InChI=1S/C19H21N3O3S/c1-4-22(12-17-20-18(21-25-17)16-6-5-11-26-16)19(23)14(3)24-15-9-7-13(2)8-10-15/h5-11,14H,4,12H2,1-3H3/t14-/m1/s1. The van der Waals surface area contributed by atoms with E-state index in [0.29, 0.717) is 24.0 Å². The van der Waals surface area contributed by atoms with Crippen molar-refractivity contribution in [2.75, 3.05) is 6.54 Å². The zero-order valence-corrected chi connectivity index (χ0v) is 15.8. The van der Waals surface area contributed by atoms with E-state index in [9.17, 15) is 4.79 Å². The van der Waals surface area contributed by atoms with E-state index >= 15 is 0 Å². The molecule has 0 bridgehead atoms. The van der Waals surface area contributed by atoms with Crippen molar-refractivity contribution in [3.05, 3.63) is 53.2 Å². The number of hydrogen-bond acceptors (Lipinski definition) is 6. The summed E-state index contributed by atoms with van der Waals surface area (Å²) in [6.07, 6.45) is -0.600. The fraction of sp³-hybridized carbons (Fsp3) is 0.316. The molecule has 0 aliphatic carbocycles. The van der Waals surface area contributed by atoms with Gasteiger partial charge in [-0.15, -0.1) is 11.3 Å². The lowest BCUT2D eigenvalue weighted by atomic mass is 10.2. The molecule has 0 saturated heterocycles. The van der Waals surface area contributed by atoms with Crippen LogP contribution in [0.4, 0.5) is 0 Å². The Morgan fingerprint density at radius 2 is 2.08 bits per heavy atom. The van der Waals surface area contributed by atoms with E-state index in [-0.39, 0.29) is 12.5 Å². The predicted molar refractivity (Wildman–Crippen MR) is 100.0 cm³/mol. The molecule has 3 rings (SSSR count). The van der Waals surface area contributed by atoms with Gasteiger partial charge < -0.3 is 14.2 Å². The highest BCUT2D eigenvalue weighted by atomic mass is 32.1. The van der Waals surface area contributed by atoms with Crippen LogP contribution in [0, 0.1) is 6.92 Å². The third-order valence-corrected chi connectivity index (χ3v) is 4.78. The molecule has 0 N–H and O–H groups in total. The lowest BCUT2D eigenvalue weighted by molar-refractivity contribution is -0.138. The molecule has 0 saturated carbocycles. The van der Waals surface area contributed by atoms with E-state index in [1.165, 1.54) is 0 Å². The van der Waals surface area contributed by atoms with E-state index < -0.39 is 6.10 Å². The zero-order valence-electron chi connectivity index (χ0n) is 15.0. The van der Waals surface area contributed by atoms with Gasteiger partial charge in [-0.25, -0.2) is 0 Å². The van der Waals surface area contributed by atoms with Gasteiger partial charge in [0.05, 0.1) is 4.88 Å². The number of carbonyl (C=O) groups is 1. The quantitative estimate of drug-likeness (QED) is 0.630. The Kier molecular flexibility index (Phi) is 5.68. The van der Waals surface area contributed by atoms with Crippen molar-refractivity contribution in [3.8, 4) is 16.5 Å². The minimum atomic E-state index is -0.600. The number of thiophene rings is 1. The van der Waals surface area contributed by atoms with Gasteiger partial charge in [0.1, 0.15) is 12.3 Å². The molecule has 6 nitrogen and oxygen atoms in total. The number of hydrogen-bond donors (Lipinski definition) is 0. The molecule has 1 atom stereocenters. The summed E-state index contributed by atoms with van der Waals surface area (Å²) >= 11 is 1.54. The van der Waals surface area contributed by atoms with E-state index in [1.807, 2.05) is 55.6 Å². The Labute approximate surface area is 156 Å². The fourth-order valence-electron chi connectivity index (χ4n) is 2.46. The number of ether oxygens (including phenoxy) is 1. The van der Waals surface area contributed by atoms with E-state index in [2.05, 4.69) is 10.1 Å². The number of aromatic nitrogens is 2. The molecule has 2 aromatic heterocycles. The first-order chi connectivity index (χ1) is 12.6. The molecule has 0 radical (unpaired) electrons. The molecule has 0 spiro atoms. The third kappa shape index (κ3) is 4.29. The molecule has 136 valence electrons. The van der Waals surface area contributed by atoms with Crippen LogP contribution >= 0.6 is 11.3 Å². The van der Waals surface area contributed by atoms with Crippen molar-refractivity contribution in [3.63, 3.8) is 0 Å². The van der Waals surface area contributed by atoms with Crippen LogP contribution in [0.3, 0.4) is 0 Å². The summed E-state index contributed by atoms with van der Waals surface area (Å²) in [7, 11) is 0. The van der Waals surface area contributed by atoms with Crippen LogP contribution in [-0.4, -0.2) is 33.6 Å². The minimum absolute atomic E-state index is 0.121. The van der Waals surface area contributed by atoms with Crippen molar-refractivity contribution in [2.24, 2.45) is 0 Å². The average molecular weight is 371 g/mol. The Hall–Kier alpha value is -2.67. The van der Waals surface area contributed by atoms with Gasteiger partial charge in [0.15, 0.2) is 6.10 Å². The summed E-state index contributed by atoms with van der Waals surface area (Å²) < 4.78 is 11.1. The number of amides is 1. The molecule has 7 heteroatoms. The number of nitrogens with zero attached hydrogens (tertiary/aromatic N) is 3. The number of aryl methyl sites for hydroxylation is 1. The highest BCUT2D eigenvalue weighted by molar-refractivity contribution is 7.13. The second-order valence-corrected chi connectivity index (χ2v) is 6.86. The molecular weight excluding hydrogens is 350 g/mol. The van der Waals surface area contributed by atoms with Crippen LogP contribution in [0.1, 0.15) is 25.3 Å². The topological polar surface area (TPSA) is 68.5 Å². The van der Waals surface area contributed by atoms with Gasteiger partial charge in [0.2, 0.25) is 11.7 Å². The molecule has 2 heterocycles. The third-order valence-electron chi connectivity index (χ3n) is 3.91. The Morgan fingerprint density at radius 1 is 1.31 bits per heavy atom. The van der Waals surface area contributed by atoms with Gasteiger partial charge in [-0.2, -0.15) is 4.98 Å². The van der Waals surface area contributed by atoms with E-state index in [4.69, 9.17) is 9.26 Å². The number of carbonyl (C=O) groups excluding carboxylic acids is 1. The Balaban J connectivity index is 1.64. The molecule has 1 amide bonds. The van der Waals surface area contributed by atoms with Crippen molar-refractivity contribution in [1.29, 1.82) is 0 Å². The monoisotopic (exact) mass is 371 g/mol. The highest BCUT2D eigenvalue weighted by Crippen LogP contribution is 2.22. The molecule has 3 aromatic rings. The summed E-state index contributed by atoms with van der Waals surface area (Å²) in [4.78, 5) is 19.7. The summed E-state index contributed by atoms with van der Waals surface area (Å²) in [5.74, 6) is 1.50. The smallest absolute Gasteiger partial charge is 0.263 e. The predicted octanol–water partition coefficient (Wildman–Crippen LogP) is 3.92. The molecule has 1 aromatic carbocycles. The van der Waals surface area contributed by atoms with Gasteiger partial charge in [0.25, 0.3) is 5.91 Å². The average Bonchev–Trinajstić information content (AvgIpc) is 3.32. The molecule has 0 unspecified atom stereocenters.